The Balaban J connectivity index is 2.06. The van der Waals surface area contributed by atoms with E-state index in [-0.39, 0.29) is 5.91 Å². The average molecular weight is 257 g/mol. The standard InChI is InChI=1S/C13H15N5O/c1-9-6-10(7-12(14-2)17-9)13(19)15-8-11-4-3-5-16-18-11/h3-7H,8H2,1-2H3,(H,14,17)(H,15,19). The summed E-state index contributed by atoms with van der Waals surface area (Å²) >= 11 is 0. The van der Waals surface area contributed by atoms with Gasteiger partial charge in [0.05, 0.1) is 12.2 Å². The number of pyridine rings is 1. The maximum Gasteiger partial charge on any atom is 0.251 e. The van der Waals surface area contributed by atoms with Crippen molar-refractivity contribution in [1.82, 2.24) is 20.5 Å². The zero-order valence-electron chi connectivity index (χ0n) is 10.8. The molecule has 2 aromatic heterocycles. The monoisotopic (exact) mass is 257 g/mol. The third kappa shape index (κ3) is 3.48. The zero-order valence-corrected chi connectivity index (χ0v) is 10.8. The van der Waals surface area contributed by atoms with Crippen LogP contribution in [0.25, 0.3) is 0 Å². The van der Waals surface area contributed by atoms with Crippen LogP contribution in [0, 0.1) is 6.92 Å². The van der Waals surface area contributed by atoms with Crippen molar-refractivity contribution in [2.24, 2.45) is 0 Å². The van der Waals surface area contributed by atoms with Crippen molar-refractivity contribution in [1.29, 1.82) is 0 Å². The minimum absolute atomic E-state index is 0.160. The average Bonchev–Trinajstić information content (AvgIpc) is 2.45. The Hall–Kier alpha value is -2.50. The van der Waals surface area contributed by atoms with Gasteiger partial charge in [0.25, 0.3) is 5.91 Å². The Kier molecular flexibility index (Phi) is 4.02. The first-order valence-corrected chi connectivity index (χ1v) is 5.90. The van der Waals surface area contributed by atoms with E-state index in [9.17, 15) is 4.79 Å². The molecule has 0 aliphatic heterocycles. The third-order valence-corrected chi connectivity index (χ3v) is 2.53. The maximum atomic E-state index is 12.0. The molecule has 6 nitrogen and oxygen atoms in total. The van der Waals surface area contributed by atoms with Gasteiger partial charge in [-0.3, -0.25) is 4.79 Å². The van der Waals surface area contributed by atoms with Crippen LogP contribution in [0.2, 0.25) is 0 Å². The number of amides is 1. The first kappa shape index (κ1) is 12.9. The summed E-state index contributed by atoms with van der Waals surface area (Å²) < 4.78 is 0. The highest BCUT2D eigenvalue weighted by molar-refractivity contribution is 5.94. The molecule has 1 amide bonds. The molecule has 0 aromatic carbocycles. The SMILES string of the molecule is CNc1cc(C(=O)NCc2cccnn2)cc(C)n1. The quantitative estimate of drug-likeness (QED) is 0.859. The summed E-state index contributed by atoms with van der Waals surface area (Å²) in [6.07, 6.45) is 1.59. The number of anilines is 1. The highest BCUT2D eigenvalue weighted by Crippen LogP contribution is 2.09. The fourth-order valence-corrected chi connectivity index (χ4v) is 1.63. The molecule has 2 N–H and O–H groups in total. The minimum Gasteiger partial charge on any atom is -0.373 e. The van der Waals surface area contributed by atoms with Crippen LogP contribution in [0.1, 0.15) is 21.7 Å². The van der Waals surface area contributed by atoms with Crippen LogP contribution < -0.4 is 10.6 Å². The molecule has 0 bridgehead atoms. The normalized spacial score (nSPS) is 10.0. The number of carbonyl (C=O) groups is 1. The molecule has 0 saturated heterocycles. The Morgan fingerprint density at radius 2 is 2.21 bits per heavy atom. The summed E-state index contributed by atoms with van der Waals surface area (Å²) in [6.45, 7) is 2.20. The van der Waals surface area contributed by atoms with Crippen LogP contribution in [0.5, 0.6) is 0 Å². The second kappa shape index (κ2) is 5.90. The maximum absolute atomic E-state index is 12.0. The molecule has 0 spiro atoms. The van der Waals surface area contributed by atoms with Gasteiger partial charge in [0.1, 0.15) is 5.82 Å². The first-order chi connectivity index (χ1) is 9.19. The van der Waals surface area contributed by atoms with E-state index < -0.39 is 0 Å². The molecule has 2 rings (SSSR count). The number of nitrogens with zero attached hydrogens (tertiary/aromatic N) is 3. The van der Waals surface area contributed by atoms with E-state index in [0.717, 1.165) is 11.4 Å². The van der Waals surface area contributed by atoms with Gasteiger partial charge in [-0.05, 0) is 31.2 Å². The number of rotatable bonds is 4. The lowest BCUT2D eigenvalue weighted by atomic mass is 10.2. The molecule has 0 aliphatic carbocycles. The molecule has 0 atom stereocenters. The van der Waals surface area contributed by atoms with E-state index in [4.69, 9.17) is 0 Å². The van der Waals surface area contributed by atoms with Gasteiger partial charge in [-0.2, -0.15) is 10.2 Å². The van der Waals surface area contributed by atoms with Crippen LogP contribution >= 0.6 is 0 Å². The lowest BCUT2D eigenvalue weighted by Gasteiger charge is -2.07. The summed E-state index contributed by atoms with van der Waals surface area (Å²) in [4.78, 5) is 16.3. The summed E-state index contributed by atoms with van der Waals surface area (Å²) in [5.41, 5.74) is 2.08. The van der Waals surface area contributed by atoms with E-state index in [1.165, 1.54) is 0 Å². The molecule has 0 unspecified atom stereocenters. The highest BCUT2D eigenvalue weighted by Gasteiger charge is 2.08. The van der Waals surface area contributed by atoms with Crippen molar-refractivity contribution in [3.05, 3.63) is 47.4 Å². The van der Waals surface area contributed by atoms with Gasteiger partial charge in [0.2, 0.25) is 0 Å². The van der Waals surface area contributed by atoms with Gasteiger partial charge in [0, 0.05) is 24.5 Å². The number of nitrogens with one attached hydrogen (secondary N) is 2. The van der Waals surface area contributed by atoms with Crippen LogP contribution in [0.3, 0.4) is 0 Å². The smallest absolute Gasteiger partial charge is 0.251 e. The lowest BCUT2D eigenvalue weighted by molar-refractivity contribution is 0.0950. The van der Waals surface area contributed by atoms with Crippen LogP contribution in [-0.2, 0) is 6.54 Å². The number of hydrogen-bond donors (Lipinski definition) is 2. The molecule has 19 heavy (non-hydrogen) atoms. The van der Waals surface area contributed by atoms with Crippen molar-refractivity contribution in [3.8, 4) is 0 Å². The van der Waals surface area contributed by atoms with E-state index in [2.05, 4.69) is 25.8 Å². The largest absolute Gasteiger partial charge is 0.373 e. The van der Waals surface area contributed by atoms with Crippen LogP contribution in [0.15, 0.2) is 30.5 Å². The molecule has 98 valence electrons. The van der Waals surface area contributed by atoms with Gasteiger partial charge < -0.3 is 10.6 Å². The number of aromatic nitrogens is 3. The van der Waals surface area contributed by atoms with E-state index in [1.54, 1.807) is 31.4 Å². The number of carbonyl (C=O) groups excluding carboxylic acids is 1. The predicted molar refractivity (Wildman–Crippen MR) is 71.7 cm³/mol. The van der Waals surface area contributed by atoms with Crippen LogP contribution in [0.4, 0.5) is 5.82 Å². The molecular formula is C13H15N5O. The summed E-state index contributed by atoms with van der Waals surface area (Å²) in [5.74, 6) is 0.511. The highest BCUT2D eigenvalue weighted by atomic mass is 16.1. The van der Waals surface area contributed by atoms with Crippen molar-refractivity contribution >= 4 is 11.7 Å². The minimum atomic E-state index is -0.160. The summed E-state index contributed by atoms with van der Waals surface area (Å²) in [7, 11) is 1.77. The molecule has 2 aromatic rings. The zero-order chi connectivity index (χ0) is 13.7. The molecular weight excluding hydrogens is 242 g/mol. The Morgan fingerprint density at radius 1 is 1.37 bits per heavy atom. The molecule has 0 aliphatic rings. The van der Waals surface area contributed by atoms with E-state index in [1.807, 2.05) is 13.0 Å². The number of hydrogen-bond acceptors (Lipinski definition) is 5. The topological polar surface area (TPSA) is 79.8 Å². The van der Waals surface area contributed by atoms with Crippen LogP contribution in [-0.4, -0.2) is 28.1 Å². The van der Waals surface area contributed by atoms with E-state index >= 15 is 0 Å². The van der Waals surface area contributed by atoms with Gasteiger partial charge in [-0.15, -0.1) is 0 Å². The second-order valence-electron chi connectivity index (χ2n) is 4.03. The molecule has 0 saturated carbocycles. The second-order valence-corrected chi connectivity index (χ2v) is 4.03. The molecule has 6 heteroatoms. The van der Waals surface area contributed by atoms with Gasteiger partial charge >= 0.3 is 0 Å². The molecule has 0 fully saturated rings. The van der Waals surface area contributed by atoms with Gasteiger partial charge in [0.15, 0.2) is 0 Å². The van der Waals surface area contributed by atoms with Crippen molar-refractivity contribution in [2.45, 2.75) is 13.5 Å². The lowest BCUT2D eigenvalue weighted by Crippen LogP contribution is -2.23. The third-order valence-electron chi connectivity index (χ3n) is 2.53. The van der Waals surface area contributed by atoms with E-state index in [0.29, 0.717) is 17.9 Å². The Labute approximate surface area is 111 Å². The fourth-order valence-electron chi connectivity index (χ4n) is 1.63. The number of aryl methyl sites for hydroxylation is 1. The Bertz CT molecular complexity index is 571. The summed E-state index contributed by atoms with van der Waals surface area (Å²) in [5, 5.41) is 13.4. The fraction of sp³-hybridized carbons (Fsp3) is 0.231. The van der Waals surface area contributed by atoms with Gasteiger partial charge in [-0.25, -0.2) is 4.98 Å². The van der Waals surface area contributed by atoms with Crippen molar-refractivity contribution in [3.63, 3.8) is 0 Å². The Morgan fingerprint density at radius 3 is 2.89 bits per heavy atom. The first-order valence-electron chi connectivity index (χ1n) is 5.90. The summed E-state index contributed by atoms with van der Waals surface area (Å²) in [6, 6.07) is 7.04. The molecule has 0 radical (unpaired) electrons. The predicted octanol–water partition coefficient (Wildman–Crippen LogP) is 1.15. The van der Waals surface area contributed by atoms with Crippen molar-refractivity contribution in [2.75, 3.05) is 12.4 Å². The molecule has 2 heterocycles. The van der Waals surface area contributed by atoms with Gasteiger partial charge in [-0.1, -0.05) is 0 Å². The van der Waals surface area contributed by atoms with Crippen molar-refractivity contribution < 1.29 is 4.79 Å².